The number of carbonyl (C=O) groups is 2. The zero-order chi connectivity index (χ0) is 47.8. The predicted molar refractivity (Wildman–Crippen MR) is 256 cm³/mol. The van der Waals surface area contributed by atoms with Crippen molar-refractivity contribution in [2.24, 2.45) is 105 Å². The summed E-state index contributed by atoms with van der Waals surface area (Å²) in [5.74, 6) is 5.70. The molecule has 8 fully saturated rings. The van der Waals surface area contributed by atoms with E-state index in [9.17, 15) is 36.6 Å². The summed E-state index contributed by atoms with van der Waals surface area (Å²) in [6.07, 6.45) is 20.4. The lowest BCUT2D eigenvalue weighted by Crippen LogP contribution is -2.59. The normalized spacial score (nSPS) is 46.3. The SMILES string of the molecule is C[C@H](CCC(=O)NCCS(=O)(=O)O)[C@H]1CC[C@H]2[C@@H]3[C@@H](O)C[C@@H]4CC(C5CC[C@@]6(C)[C@@H](C5)C[C@H](O)[C@@H]5[C@@H]6CC[C@]6(C)[C@@H]([C@H](C)CCC(=O)NCCS(=O)(=O)O)CC[C@@H]56)CC[C@]4(C)[C@H]3CC[C@]12C. The monoisotopic (exact) mass is 965 g/mol. The molecule has 12 nitrogen and oxygen atoms in total. The molecule has 0 spiro atoms. The number of aliphatic hydroxyl groups excluding tert-OH is 2. The van der Waals surface area contributed by atoms with Gasteiger partial charge in [-0.05, 0) is 220 Å². The highest BCUT2D eigenvalue weighted by Gasteiger charge is 2.65. The highest BCUT2D eigenvalue weighted by atomic mass is 32.2. The van der Waals surface area contributed by atoms with Gasteiger partial charge in [0, 0.05) is 25.9 Å². The number of rotatable bonds is 15. The Bertz CT molecular complexity index is 1860. The van der Waals surface area contributed by atoms with E-state index in [4.69, 9.17) is 9.11 Å². The standard InChI is InChI=1S/C52H88N2O10S2/c1-31(7-13-45(57)53-23-25-65(59,60)61)37-9-11-39-47-41(17-21-51(37,39)5)49(3)19-15-33(27-35(49)29-43(47)55)34-16-20-50(4)36(28-34)30-44(56)48-40-12-10-38(52(40,6)22-18-42(48)50)32(2)8-14-46(58)54-24-26-66(62,63)64/h31-44,47-48,55-56H,7-30H2,1-6H3,(H,53,57)(H,54,58)(H,59,60,61)(H,62,63,64)/t31-,32-,33?,34?,35+,36+,37-,38-,39+,40+,41+,42+,43+,44+,47+,48+,49+,50+,51-,52-/m1/s1. The number of aliphatic hydroxyl groups is 2. The Morgan fingerprint density at radius 2 is 0.879 bits per heavy atom. The molecule has 6 N–H and O–H groups in total. The number of nitrogens with one attached hydrogen (secondary N) is 2. The number of carbonyl (C=O) groups excluding carboxylic acids is 2. The van der Waals surface area contributed by atoms with Gasteiger partial charge in [0.25, 0.3) is 20.2 Å². The van der Waals surface area contributed by atoms with Gasteiger partial charge >= 0.3 is 0 Å². The molecule has 14 heteroatoms. The van der Waals surface area contributed by atoms with Crippen LogP contribution >= 0.6 is 0 Å². The molecular formula is C52H88N2O10S2. The van der Waals surface area contributed by atoms with E-state index >= 15 is 0 Å². The average molecular weight is 965 g/mol. The summed E-state index contributed by atoms with van der Waals surface area (Å²) in [6.45, 7) is 14.6. The highest BCUT2D eigenvalue weighted by molar-refractivity contribution is 7.86. The summed E-state index contributed by atoms with van der Waals surface area (Å²) >= 11 is 0. The van der Waals surface area contributed by atoms with Crippen molar-refractivity contribution in [2.75, 3.05) is 24.6 Å². The maximum atomic E-state index is 12.6. The lowest BCUT2D eigenvalue weighted by molar-refractivity contribution is -0.183. The van der Waals surface area contributed by atoms with Crippen molar-refractivity contribution >= 4 is 32.1 Å². The molecule has 2 amide bonds. The van der Waals surface area contributed by atoms with Crippen LogP contribution in [0.3, 0.4) is 0 Å². The minimum atomic E-state index is -4.10. The Hall–Kier alpha value is -1.32. The fraction of sp³-hybridized carbons (Fsp3) is 0.962. The summed E-state index contributed by atoms with van der Waals surface area (Å²) in [6, 6.07) is 0. The van der Waals surface area contributed by atoms with Gasteiger partial charge in [-0.1, -0.05) is 41.5 Å². The van der Waals surface area contributed by atoms with Crippen LogP contribution < -0.4 is 10.6 Å². The third-order valence-electron chi connectivity index (χ3n) is 22.7. The second-order valence-corrected chi connectivity index (χ2v) is 28.6. The first-order chi connectivity index (χ1) is 30.9. The van der Waals surface area contributed by atoms with Gasteiger partial charge in [-0.25, -0.2) is 0 Å². The van der Waals surface area contributed by atoms with Crippen LogP contribution in [-0.4, -0.2) is 84.8 Å². The van der Waals surface area contributed by atoms with Crippen LogP contribution in [-0.2, 0) is 29.8 Å². The third kappa shape index (κ3) is 9.71. The molecule has 8 saturated carbocycles. The molecule has 0 heterocycles. The van der Waals surface area contributed by atoms with Gasteiger partial charge in [-0.2, -0.15) is 16.8 Å². The summed E-state index contributed by atoms with van der Waals surface area (Å²) in [4.78, 5) is 25.1. The lowest BCUT2D eigenvalue weighted by atomic mass is 9.41. The molecule has 0 aliphatic heterocycles. The number of hydrogen-bond donors (Lipinski definition) is 6. The molecule has 8 aliphatic rings. The molecule has 378 valence electrons. The fourth-order valence-corrected chi connectivity index (χ4v) is 20.0. The molecule has 0 aromatic carbocycles. The zero-order valence-corrected chi connectivity index (χ0v) is 42.9. The highest BCUT2D eigenvalue weighted by Crippen LogP contribution is 2.72. The summed E-state index contributed by atoms with van der Waals surface area (Å²) in [5, 5.41) is 29.8. The number of hydrogen-bond acceptors (Lipinski definition) is 8. The Morgan fingerprint density at radius 1 is 0.530 bits per heavy atom. The molecule has 0 bridgehead atoms. The Kier molecular flexibility index (Phi) is 14.7. The topological polar surface area (TPSA) is 207 Å². The van der Waals surface area contributed by atoms with E-state index in [0.717, 1.165) is 51.4 Å². The van der Waals surface area contributed by atoms with E-state index in [1.165, 1.54) is 64.2 Å². The van der Waals surface area contributed by atoms with Gasteiger partial charge in [0.2, 0.25) is 11.8 Å². The number of amides is 2. The smallest absolute Gasteiger partial charge is 0.266 e. The van der Waals surface area contributed by atoms with E-state index in [1.807, 2.05) is 0 Å². The average Bonchev–Trinajstić information content (AvgIpc) is 3.78. The molecule has 8 aliphatic carbocycles. The zero-order valence-electron chi connectivity index (χ0n) is 41.3. The largest absolute Gasteiger partial charge is 0.393 e. The lowest BCUT2D eigenvalue weighted by Gasteiger charge is -2.64. The maximum absolute atomic E-state index is 12.6. The second kappa shape index (κ2) is 19.0. The predicted octanol–water partition coefficient (Wildman–Crippen LogP) is 8.32. The second-order valence-electron chi connectivity index (χ2n) is 25.4. The van der Waals surface area contributed by atoms with Crippen LogP contribution in [0.1, 0.15) is 170 Å². The quantitative estimate of drug-likeness (QED) is 0.0866. The van der Waals surface area contributed by atoms with E-state index in [0.29, 0.717) is 95.7 Å². The van der Waals surface area contributed by atoms with Crippen molar-refractivity contribution in [1.82, 2.24) is 10.6 Å². The van der Waals surface area contributed by atoms with Crippen molar-refractivity contribution in [3.05, 3.63) is 0 Å². The van der Waals surface area contributed by atoms with E-state index in [1.54, 1.807) is 0 Å². The molecule has 0 aromatic rings. The van der Waals surface area contributed by atoms with Gasteiger partial charge in [0.1, 0.15) is 0 Å². The molecule has 0 saturated heterocycles. The minimum absolute atomic E-state index is 0.0751. The molecule has 66 heavy (non-hydrogen) atoms. The van der Waals surface area contributed by atoms with E-state index < -0.39 is 31.7 Å². The van der Waals surface area contributed by atoms with E-state index in [-0.39, 0.29) is 58.8 Å². The van der Waals surface area contributed by atoms with Gasteiger partial charge < -0.3 is 20.8 Å². The Morgan fingerprint density at radius 3 is 1.24 bits per heavy atom. The molecular weight excluding hydrogens is 877 g/mol. The summed E-state index contributed by atoms with van der Waals surface area (Å²) < 4.78 is 62.4. The molecule has 0 aromatic heterocycles. The molecule has 8 rings (SSSR count). The summed E-state index contributed by atoms with van der Waals surface area (Å²) in [5.41, 5.74) is 0.809. The van der Waals surface area contributed by atoms with Crippen LogP contribution in [0.25, 0.3) is 0 Å². The molecule has 2 unspecified atom stereocenters. The van der Waals surface area contributed by atoms with Crippen LogP contribution in [0.15, 0.2) is 0 Å². The first-order valence-electron chi connectivity index (χ1n) is 26.7. The molecule has 0 radical (unpaired) electrons. The van der Waals surface area contributed by atoms with Crippen LogP contribution in [0.4, 0.5) is 0 Å². The minimum Gasteiger partial charge on any atom is -0.393 e. The summed E-state index contributed by atoms with van der Waals surface area (Å²) in [7, 11) is -8.21. The van der Waals surface area contributed by atoms with Gasteiger partial charge in [0.05, 0.1) is 23.7 Å². The van der Waals surface area contributed by atoms with Gasteiger partial charge in [-0.15, -0.1) is 0 Å². The van der Waals surface area contributed by atoms with Crippen molar-refractivity contribution in [1.29, 1.82) is 0 Å². The van der Waals surface area contributed by atoms with E-state index in [2.05, 4.69) is 52.2 Å². The van der Waals surface area contributed by atoms with Crippen molar-refractivity contribution < 1.29 is 45.7 Å². The third-order valence-corrected chi connectivity index (χ3v) is 24.1. The first-order valence-corrected chi connectivity index (χ1v) is 29.9. The number of fused-ring (bicyclic) bond motifs is 10. The van der Waals surface area contributed by atoms with Gasteiger partial charge in [-0.3, -0.25) is 18.7 Å². The van der Waals surface area contributed by atoms with Crippen molar-refractivity contribution in [2.45, 2.75) is 182 Å². The van der Waals surface area contributed by atoms with Crippen molar-refractivity contribution in [3.8, 4) is 0 Å². The maximum Gasteiger partial charge on any atom is 0.266 e. The Balaban J connectivity index is 0.848. The van der Waals surface area contributed by atoms with Crippen LogP contribution in [0, 0.1) is 105 Å². The van der Waals surface area contributed by atoms with Gasteiger partial charge in [0.15, 0.2) is 0 Å². The molecule has 20 atom stereocenters. The first kappa shape index (κ1) is 51.0. The van der Waals surface area contributed by atoms with Crippen LogP contribution in [0.2, 0.25) is 0 Å². The fourth-order valence-electron chi connectivity index (χ4n) is 19.3. The van der Waals surface area contributed by atoms with Crippen molar-refractivity contribution in [3.63, 3.8) is 0 Å². The Labute approximate surface area is 398 Å². The van der Waals surface area contributed by atoms with Crippen LogP contribution in [0.5, 0.6) is 0 Å².